The molecular formula is C24H27ClO3. The molecule has 1 atom stereocenters. The summed E-state index contributed by atoms with van der Waals surface area (Å²) in [4.78, 5) is 12.6. The van der Waals surface area contributed by atoms with Crippen molar-refractivity contribution in [2.24, 2.45) is 11.3 Å². The number of fused-ring (bicyclic) bond motifs is 1. The second-order valence-electron chi connectivity index (χ2n) is 9.02. The third-order valence-corrected chi connectivity index (χ3v) is 6.45. The Morgan fingerprint density at radius 3 is 2.29 bits per heavy atom. The van der Waals surface area contributed by atoms with E-state index >= 15 is 0 Å². The molecule has 4 rings (SSSR count). The van der Waals surface area contributed by atoms with E-state index in [0.717, 1.165) is 36.8 Å². The predicted molar refractivity (Wildman–Crippen MR) is 110 cm³/mol. The third kappa shape index (κ3) is 3.46. The zero-order valence-electron chi connectivity index (χ0n) is 16.7. The maximum absolute atomic E-state index is 12.6. The lowest BCUT2D eigenvalue weighted by Crippen LogP contribution is -2.38. The Morgan fingerprint density at radius 1 is 1.00 bits per heavy atom. The van der Waals surface area contributed by atoms with E-state index in [0.29, 0.717) is 21.9 Å². The maximum Gasteiger partial charge on any atom is 0.341 e. The van der Waals surface area contributed by atoms with Crippen molar-refractivity contribution in [2.45, 2.75) is 58.3 Å². The summed E-state index contributed by atoms with van der Waals surface area (Å²) in [7, 11) is 0. The van der Waals surface area contributed by atoms with Gasteiger partial charge in [-0.05, 0) is 55.2 Å². The molecule has 0 N–H and O–H groups in total. The topological polar surface area (TPSA) is 35.5 Å². The van der Waals surface area contributed by atoms with E-state index in [4.69, 9.17) is 21.1 Å². The van der Waals surface area contributed by atoms with Crippen molar-refractivity contribution in [1.82, 2.24) is 0 Å². The number of cyclic esters (lactones) is 1. The van der Waals surface area contributed by atoms with Crippen LogP contribution in [-0.2, 0) is 15.3 Å². The van der Waals surface area contributed by atoms with Gasteiger partial charge in [0, 0.05) is 16.1 Å². The molecule has 4 heteroatoms. The Morgan fingerprint density at radius 2 is 1.64 bits per heavy atom. The van der Waals surface area contributed by atoms with Gasteiger partial charge in [-0.3, -0.25) is 0 Å². The third-order valence-electron chi connectivity index (χ3n) is 6.19. The highest BCUT2D eigenvalue weighted by molar-refractivity contribution is 6.30. The first-order valence-corrected chi connectivity index (χ1v) is 10.4. The number of carbonyl (C=O) groups is 1. The highest BCUT2D eigenvalue weighted by atomic mass is 35.5. The lowest BCUT2D eigenvalue weighted by atomic mass is 9.72. The molecule has 1 saturated carbocycles. The second kappa shape index (κ2) is 7.20. The van der Waals surface area contributed by atoms with Crippen molar-refractivity contribution in [3.63, 3.8) is 0 Å². The molecule has 148 valence electrons. The van der Waals surface area contributed by atoms with Gasteiger partial charge in [-0.15, -0.1) is 0 Å². The first-order valence-electron chi connectivity index (χ1n) is 10.1. The number of halogens is 1. The minimum absolute atomic E-state index is 0.0493. The van der Waals surface area contributed by atoms with Crippen LogP contribution in [0.15, 0.2) is 48.5 Å². The van der Waals surface area contributed by atoms with Crippen molar-refractivity contribution in [2.75, 3.05) is 0 Å². The molecule has 2 aromatic rings. The molecule has 1 heterocycles. The summed E-state index contributed by atoms with van der Waals surface area (Å²) in [6.07, 6.45) is 4.24. The van der Waals surface area contributed by atoms with Gasteiger partial charge in [0.1, 0.15) is 0 Å². The fraction of sp³-hybridized carbons (Fsp3) is 0.458. The monoisotopic (exact) mass is 398 g/mol. The average Bonchev–Trinajstić information content (AvgIpc) is 2.95. The van der Waals surface area contributed by atoms with E-state index in [-0.39, 0.29) is 12.1 Å². The second-order valence-corrected chi connectivity index (χ2v) is 9.45. The standard InChI is InChI=1S/C24H27ClO3/c1-23(2,3)16-10-14-19(15-11-16)27-24(17-8-12-18(25)13-9-17)21-7-5-4-6-20(21)22(26)28-24/h4-9,12-13,16,19H,10-11,14-15H2,1-3H3/t16?,19?,24-/m1/s1. The first kappa shape index (κ1) is 19.5. The summed E-state index contributed by atoms with van der Waals surface area (Å²) in [5.41, 5.74) is 2.46. The highest BCUT2D eigenvalue weighted by Crippen LogP contribution is 2.47. The maximum atomic E-state index is 12.6. The molecule has 0 amide bonds. The smallest absolute Gasteiger partial charge is 0.341 e. The number of esters is 1. The molecule has 1 fully saturated rings. The molecule has 0 unspecified atom stereocenters. The van der Waals surface area contributed by atoms with Gasteiger partial charge in [-0.25, -0.2) is 4.79 Å². The molecule has 0 spiro atoms. The van der Waals surface area contributed by atoms with Gasteiger partial charge in [0.2, 0.25) is 0 Å². The minimum atomic E-state index is -1.20. The molecule has 2 aromatic carbocycles. The van der Waals surface area contributed by atoms with Crippen molar-refractivity contribution in [1.29, 1.82) is 0 Å². The van der Waals surface area contributed by atoms with Crippen LogP contribution in [0.1, 0.15) is 67.9 Å². The summed E-state index contributed by atoms with van der Waals surface area (Å²) in [5, 5.41) is 0.641. The van der Waals surface area contributed by atoms with Crippen LogP contribution in [0.4, 0.5) is 0 Å². The molecule has 3 nitrogen and oxygen atoms in total. The molecule has 1 aliphatic carbocycles. The van der Waals surface area contributed by atoms with Crippen LogP contribution in [0.2, 0.25) is 5.02 Å². The van der Waals surface area contributed by atoms with E-state index in [1.165, 1.54) is 0 Å². The fourth-order valence-corrected chi connectivity index (χ4v) is 4.64. The molecule has 28 heavy (non-hydrogen) atoms. The van der Waals surface area contributed by atoms with Crippen LogP contribution in [0.25, 0.3) is 0 Å². The molecule has 0 bridgehead atoms. The largest absolute Gasteiger partial charge is 0.420 e. The molecule has 1 aliphatic heterocycles. The van der Waals surface area contributed by atoms with Gasteiger partial charge in [0.05, 0.1) is 11.7 Å². The Kier molecular flexibility index (Phi) is 5.01. The van der Waals surface area contributed by atoms with Gasteiger partial charge in [-0.2, -0.15) is 0 Å². The summed E-state index contributed by atoms with van der Waals surface area (Å²) in [5.74, 6) is -0.844. The molecule has 2 aliphatic rings. The zero-order valence-corrected chi connectivity index (χ0v) is 17.5. The van der Waals surface area contributed by atoms with E-state index in [9.17, 15) is 4.79 Å². The number of carbonyl (C=O) groups excluding carboxylic acids is 1. The molecular weight excluding hydrogens is 372 g/mol. The summed E-state index contributed by atoms with van der Waals surface area (Å²) < 4.78 is 12.6. The molecule has 0 aromatic heterocycles. The zero-order chi connectivity index (χ0) is 19.9. The van der Waals surface area contributed by atoms with Crippen molar-refractivity contribution in [3.8, 4) is 0 Å². The number of hydrogen-bond donors (Lipinski definition) is 0. The van der Waals surface area contributed by atoms with E-state index in [1.807, 2.05) is 42.5 Å². The van der Waals surface area contributed by atoms with Gasteiger partial charge in [0.15, 0.2) is 0 Å². The Labute approximate surface area is 172 Å². The van der Waals surface area contributed by atoms with Crippen molar-refractivity contribution in [3.05, 3.63) is 70.2 Å². The quantitative estimate of drug-likeness (QED) is 0.566. The Hall–Kier alpha value is -1.84. The molecule has 0 radical (unpaired) electrons. The van der Waals surface area contributed by atoms with Crippen LogP contribution < -0.4 is 0 Å². The average molecular weight is 399 g/mol. The number of hydrogen-bond acceptors (Lipinski definition) is 3. The number of benzene rings is 2. The van der Waals surface area contributed by atoms with E-state index < -0.39 is 5.79 Å². The lowest BCUT2D eigenvalue weighted by molar-refractivity contribution is -0.211. The van der Waals surface area contributed by atoms with E-state index in [2.05, 4.69) is 20.8 Å². The van der Waals surface area contributed by atoms with Crippen LogP contribution in [0.3, 0.4) is 0 Å². The van der Waals surface area contributed by atoms with Crippen molar-refractivity contribution < 1.29 is 14.3 Å². The van der Waals surface area contributed by atoms with Crippen LogP contribution in [0.5, 0.6) is 0 Å². The van der Waals surface area contributed by atoms with Gasteiger partial charge >= 0.3 is 5.97 Å². The van der Waals surface area contributed by atoms with Crippen LogP contribution >= 0.6 is 11.6 Å². The number of ether oxygens (including phenoxy) is 2. The number of rotatable bonds is 3. The Balaban J connectivity index is 1.67. The molecule has 0 saturated heterocycles. The summed E-state index contributed by atoms with van der Waals surface area (Å²) in [6, 6.07) is 14.9. The summed E-state index contributed by atoms with van der Waals surface area (Å²) in [6.45, 7) is 6.93. The van der Waals surface area contributed by atoms with Crippen LogP contribution in [-0.4, -0.2) is 12.1 Å². The normalized spacial score (nSPS) is 27.4. The lowest BCUT2D eigenvalue weighted by Gasteiger charge is -2.40. The minimum Gasteiger partial charge on any atom is -0.420 e. The van der Waals surface area contributed by atoms with Gasteiger partial charge < -0.3 is 9.47 Å². The summed E-state index contributed by atoms with van der Waals surface area (Å²) >= 11 is 6.09. The Bertz CT molecular complexity index is 860. The van der Waals surface area contributed by atoms with Crippen molar-refractivity contribution >= 4 is 17.6 Å². The van der Waals surface area contributed by atoms with E-state index in [1.54, 1.807) is 6.07 Å². The van der Waals surface area contributed by atoms with Crippen LogP contribution in [0, 0.1) is 11.3 Å². The van der Waals surface area contributed by atoms with Gasteiger partial charge in [-0.1, -0.05) is 62.7 Å². The fourth-order valence-electron chi connectivity index (χ4n) is 4.51. The SMILES string of the molecule is CC(C)(C)C1CCC(O[C@]2(c3ccc(Cl)cc3)OC(=O)c3ccccc32)CC1. The van der Waals surface area contributed by atoms with Gasteiger partial charge in [0.25, 0.3) is 5.79 Å². The highest BCUT2D eigenvalue weighted by Gasteiger charge is 2.50. The predicted octanol–water partition coefficient (Wildman–Crippen LogP) is 6.33. The first-order chi connectivity index (χ1) is 13.3.